The Morgan fingerprint density at radius 2 is 2.58 bits per heavy atom. The molecule has 1 rings (SSSR count). The maximum atomic E-state index is 10.3. The van der Waals surface area contributed by atoms with Gasteiger partial charge in [-0.25, -0.2) is 4.79 Å². The summed E-state index contributed by atoms with van der Waals surface area (Å²) in [5.74, 6) is -0.527. The predicted molar refractivity (Wildman–Crippen MR) is 42.0 cm³/mol. The highest BCUT2D eigenvalue weighted by atomic mass is 16.5. The minimum atomic E-state index is -0.908. The average Bonchev–Trinajstić information content (AvgIpc) is 2.51. The summed E-state index contributed by atoms with van der Waals surface area (Å²) in [7, 11) is 0. The van der Waals surface area contributed by atoms with E-state index in [0.717, 1.165) is 13.0 Å². The summed E-state index contributed by atoms with van der Waals surface area (Å²) in [6.07, 6.45) is 0.275. The van der Waals surface area contributed by atoms with Crippen LogP contribution in [0.3, 0.4) is 0 Å². The SMILES string of the molecule is C[C@@H](OCC1CCOC1)C(=O)O. The topological polar surface area (TPSA) is 55.8 Å². The van der Waals surface area contributed by atoms with Crippen molar-refractivity contribution in [2.75, 3.05) is 19.8 Å². The maximum Gasteiger partial charge on any atom is 0.332 e. The lowest BCUT2D eigenvalue weighted by molar-refractivity contribution is -0.149. The first-order chi connectivity index (χ1) is 5.70. The predicted octanol–water partition coefficient (Wildman–Crippen LogP) is 0.513. The molecule has 1 heterocycles. The van der Waals surface area contributed by atoms with Crippen LogP contribution in [0.5, 0.6) is 0 Å². The fraction of sp³-hybridized carbons (Fsp3) is 0.875. The third kappa shape index (κ3) is 2.79. The first-order valence-electron chi connectivity index (χ1n) is 4.12. The van der Waals surface area contributed by atoms with E-state index in [-0.39, 0.29) is 0 Å². The molecule has 1 aliphatic rings. The number of carboxylic acids is 1. The van der Waals surface area contributed by atoms with Gasteiger partial charge in [-0.1, -0.05) is 0 Å². The minimum Gasteiger partial charge on any atom is -0.479 e. The fourth-order valence-electron chi connectivity index (χ4n) is 1.07. The number of hydrogen-bond acceptors (Lipinski definition) is 3. The Morgan fingerprint density at radius 1 is 1.83 bits per heavy atom. The van der Waals surface area contributed by atoms with Gasteiger partial charge in [-0.2, -0.15) is 0 Å². The summed E-state index contributed by atoms with van der Waals surface area (Å²) in [6.45, 7) is 3.51. The van der Waals surface area contributed by atoms with E-state index >= 15 is 0 Å². The van der Waals surface area contributed by atoms with Crippen molar-refractivity contribution in [3.63, 3.8) is 0 Å². The number of carboxylic acid groups (broad SMARTS) is 1. The second-order valence-corrected chi connectivity index (χ2v) is 3.04. The molecule has 0 bridgehead atoms. The summed E-state index contributed by atoms with van der Waals surface area (Å²) in [4.78, 5) is 10.3. The Labute approximate surface area is 71.5 Å². The fourth-order valence-corrected chi connectivity index (χ4v) is 1.07. The molecular weight excluding hydrogens is 160 g/mol. The molecule has 1 N–H and O–H groups in total. The second-order valence-electron chi connectivity index (χ2n) is 3.04. The van der Waals surface area contributed by atoms with Crippen molar-refractivity contribution in [1.29, 1.82) is 0 Å². The molecule has 0 saturated carbocycles. The Bertz CT molecular complexity index is 151. The third-order valence-electron chi connectivity index (χ3n) is 1.95. The van der Waals surface area contributed by atoms with Gasteiger partial charge in [0.1, 0.15) is 0 Å². The minimum absolute atomic E-state index is 0.381. The Balaban J connectivity index is 2.11. The molecule has 0 aliphatic carbocycles. The molecule has 0 aromatic heterocycles. The van der Waals surface area contributed by atoms with Crippen molar-refractivity contribution in [1.82, 2.24) is 0 Å². The number of aliphatic carboxylic acids is 1. The summed E-state index contributed by atoms with van der Waals surface area (Å²) < 4.78 is 10.2. The standard InChI is InChI=1S/C8H14O4/c1-6(8(9)10)12-5-7-2-3-11-4-7/h6-7H,2-5H2,1H3,(H,9,10)/t6-,7?/m1/s1. The highest BCUT2D eigenvalue weighted by molar-refractivity contribution is 5.71. The molecule has 2 atom stereocenters. The van der Waals surface area contributed by atoms with Crippen LogP contribution < -0.4 is 0 Å². The number of rotatable bonds is 4. The zero-order valence-corrected chi connectivity index (χ0v) is 7.16. The first kappa shape index (κ1) is 9.48. The second kappa shape index (κ2) is 4.42. The van der Waals surface area contributed by atoms with E-state index in [9.17, 15) is 4.79 Å². The van der Waals surface area contributed by atoms with Crippen molar-refractivity contribution in [2.24, 2.45) is 5.92 Å². The van der Waals surface area contributed by atoms with Gasteiger partial charge in [0.05, 0.1) is 13.2 Å². The van der Waals surface area contributed by atoms with Crippen LogP contribution in [0.25, 0.3) is 0 Å². The smallest absolute Gasteiger partial charge is 0.332 e. The average molecular weight is 174 g/mol. The molecule has 0 radical (unpaired) electrons. The van der Waals surface area contributed by atoms with Crippen LogP contribution in [-0.4, -0.2) is 37.0 Å². The van der Waals surface area contributed by atoms with Crippen LogP contribution in [0.2, 0.25) is 0 Å². The van der Waals surface area contributed by atoms with Crippen LogP contribution in [-0.2, 0) is 14.3 Å². The lowest BCUT2D eigenvalue weighted by atomic mass is 10.1. The van der Waals surface area contributed by atoms with Crippen molar-refractivity contribution < 1.29 is 19.4 Å². The van der Waals surface area contributed by atoms with E-state index in [1.54, 1.807) is 0 Å². The maximum absolute atomic E-state index is 10.3. The molecule has 0 amide bonds. The normalized spacial score (nSPS) is 25.6. The van der Waals surface area contributed by atoms with Crippen LogP contribution in [0.1, 0.15) is 13.3 Å². The van der Waals surface area contributed by atoms with Gasteiger partial charge in [0.2, 0.25) is 0 Å². The molecule has 1 aliphatic heterocycles. The molecule has 12 heavy (non-hydrogen) atoms. The van der Waals surface area contributed by atoms with Crippen LogP contribution in [0.4, 0.5) is 0 Å². The van der Waals surface area contributed by atoms with E-state index < -0.39 is 12.1 Å². The van der Waals surface area contributed by atoms with Crippen LogP contribution in [0, 0.1) is 5.92 Å². The summed E-state index contributed by atoms with van der Waals surface area (Å²) in [6, 6.07) is 0. The van der Waals surface area contributed by atoms with Crippen molar-refractivity contribution >= 4 is 5.97 Å². The van der Waals surface area contributed by atoms with Crippen LogP contribution >= 0.6 is 0 Å². The molecule has 4 heteroatoms. The van der Waals surface area contributed by atoms with Crippen molar-refractivity contribution in [3.05, 3.63) is 0 Å². The molecule has 70 valence electrons. The van der Waals surface area contributed by atoms with Gasteiger partial charge in [-0.3, -0.25) is 0 Å². The lowest BCUT2D eigenvalue weighted by Crippen LogP contribution is -2.23. The summed E-state index contributed by atoms with van der Waals surface area (Å²) >= 11 is 0. The molecule has 0 spiro atoms. The van der Waals surface area contributed by atoms with E-state index in [4.69, 9.17) is 14.6 Å². The number of carbonyl (C=O) groups is 1. The largest absolute Gasteiger partial charge is 0.479 e. The zero-order valence-electron chi connectivity index (χ0n) is 7.16. The van der Waals surface area contributed by atoms with Gasteiger partial charge in [-0.15, -0.1) is 0 Å². The van der Waals surface area contributed by atoms with Crippen LogP contribution in [0.15, 0.2) is 0 Å². The molecule has 0 aromatic carbocycles. The number of ether oxygens (including phenoxy) is 2. The number of hydrogen-bond donors (Lipinski definition) is 1. The Kier molecular flexibility index (Phi) is 3.49. The molecule has 4 nitrogen and oxygen atoms in total. The molecule has 1 unspecified atom stereocenters. The van der Waals surface area contributed by atoms with Crippen molar-refractivity contribution in [3.8, 4) is 0 Å². The van der Waals surface area contributed by atoms with Gasteiger partial charge in [0.15, 0.2) is 6.10 Å². The van der Waals surface area contributed by atoms with Gasteiger partial charge >= 0.3 is 5.97 Å². The third-order valence-corrected chi connectivity index (χ3v) is 1.95. The van der Waals surface area contributed by atoms with E-state index in [1.165, 1.54) is 6.92 Å². The Morgan fingerprint density at radius 3 is 3.08 bits per heavy atom. The van der Waals surface area contributed by atoms with E-state index in [0.29, 0.717) is 19.1 Å². The molecule has 1 saturated heterocycles. The highest BCUT2D eigenvalue weighted by Crippen LogP contribution is 2.12. The van der Waals surface area contributed by atoms with E-state index in [2.05, 4.69) is 0 Å². The zero-order chi connectivity index (χ0) is 8.97. The van der Waals surface area contributed by atoms with E-state index in [1.807, 2.05) is 0 Å². The molecule has 1 fully saturated rings. The van der Waals surface area contributed by atoms with Gasteiger partial charge < -0.3 is 14.6 Å². The van der Waals surface area contributed by atoms with Gasteiger partial charge in [-0.05, 0) is 13.3 Å². The monoisotopic (exact) mass is 174 g/mol. The Hall–Kier alpha value is -0.610. The molecular formula is C8H14O4. The highest BCUT2D eigenvalue weighted by Gasteiger charge is 2.18. The first-order valence-corrected chi connectivity index (χ1v) is 4.12. The quantitative estimate of drug-likeness (QED) is 0.674. The van der Waals surface area contributed by atoms with Gasteiger partial charge in [0, 0.05) is 12.5 Å². The van der Waals surface area contributed by atoms with Crippen molar-refractivity contribution in [2.45, 2.75) is 19.4 Å². The molecule has 0 aromatic rings. The summed E-state index contributed by atoms with van der Waals surface area (Å²) in [5, 5.41) is 8.50. The summed E-state index contributed by atoms with van der Waals surface area (Å²) in [5.41, 5.74) is 0. The van der Waals surface area contributed by atoms with Gasteiger partial charge in [0.25, 0.3) is 0 Å². The lowest BCUT2D eigenvalue weighted by Gasteiger charge is -2.11.